The normalized spacial score (nSPS) is 15.2. The van der Waals surface area contributed by atoms with Crippen molar-refractivity contribution in [2.24, 2.45) is 5.92 Å². The zero-order valence-corrected chi connectivity index (χ0v) is 16.8. The number of hydrogen-bond donors (Lipinski definition) is 0. The number of benzene rings is 1. The first-order valence-corrected chi connectivity index (χ1v) is 10.5. The van der Waals surface area contributed by atoms with Gasteiger partial charge < -0.3 is 0 Å². The summed E-state index contributed by atoms with van der Waals surface area (Å²) in [7, 11) is 0. The molecule has 0 unspecified atom stereocenters. The molecule has 0 aliphatic heterocycles. The summed E-state index contributed by atoms with van der Waals surface area (Å²) in [6.45, 7) is 4.75. The van der Waals surface area contributed by atoms with Crippen molar-refractivity contribution >= 4 is 32.6 Å². The second-order valence-corrected chi connectivity index (χ2v) is 8.53. The van der Waals surface area contributed by atoms with Gasteiger partial charge in [-0.1, -0.05) is 36.7 Å². The zero-order chi connectivity index (χ0) is 18.8. The smallest absolute Gasteiger partial charge is 0.232 e. The van der Waals surface area contributed by atoms with Crippen LogP contribution >= 0.6 is 11.3 Å². The lowest BCUT2D eigenvalue weighted by atomic mass is 9.88. The molecular formula is C22H25N3OS. The molecule has 1 aliphatic rings. The fraction of sp³-hybridized carbons (Fsp3) is 0.409. The molecule has 0 spiro atoms. The van der Waals surface area contributed by atoms with Gasteiger partial charge in [-0.25, -0.2) is 4.98 Å². The van der Waals surface area contributed by atoms with Crippen molar-refractivity contribution in [1.29, 1.82) is 0 Å². The van der Waals surface area contributed by atoms with E-state index in [-0.39, 0.29) is 11.8 Å². The molecule has 27 heavy (non-hydrogen) atoms. The molecule has 4 rings (SSSR count). The second kappa shape index (κ2) is 7.77. The van der Waals surface area contributed by atoms with Gasteiger partial charge in [-0.15, -0.1) is 0 Å². The molecule has 0 saturated heterocycles. The summed E-state index contributed by atoms with van der Waals surface area (Å²) >= 11 is 1.61. The molecular weight excluding hydrogens is 354 g/mol. The predicted octanol–water partition coefficient (Wildman–Crippen LogP) is 5.42. The number of thiazole rings is 1. The lowest BCUT2D eigenvalue weighted by molar-refractivity contribution is -0.123. The minimum absolute atomic E-state index is 0.117. The first kappa shape index (κ1) is 18.1. The molecule has 4 nitrogen and oxygen atoms in total. The molecule has 1 aromatic carbocycles. The number of rotatable bonds is 4. The monoisotopic (exact) mass is 379 g/mol. The van der Waals surface area contributed by atoms with Gasteiger partial charge in [0.1, 0.15) is 0 Å². The molecule has 3 aromatic rings. The Bertz CT molecular complexity index is 906. The van der Waals surface area contributed by atoms with Crippen LogP contribution in [0.4, 0.5) is 5.13 Å². The molecule has 0 bridgehead atoms. The van der Waals surface area contributed by atoms with Crippen molar-refractivity contribution in [3.8, 4) is 0 Å². The number of amides is 1. The van der Waals surface area contributed by atoms with E-state index >= 15 is 0 Å². The van der Waals surface area contributed by atoms with Crippen LogP contribution in [0, 0.1) is 19.8 Å². The molecule has 140 valence electrons. The Morgan fingerprint density at radius 2 is 1.96 bits per heavy atom. The van der Waals surface area contributed by atoms with Crippen LogP contribution in [0.15, 0.2) is 36.7 Å². The van der Waals surface area contributed by atoms with Crippen molar-refractivity contribution in [3.05, 3.63) is 53.3 Å². The lowest BCUT2D eigenvalue weighted by Crippen LogP contribution is -2.36. The Morgan fingerprint density at radius 1 is 1.19 bits per heavy atom. The largest absolute Gasteiger partial charge is 0.283 e. The lowest BCUT2D eigenvalue weighted by Gasteiger charge is -2.27. The van der Waals surface area contributed by atoms with E-state index in [1.165, 1.54) is 17.5 Å². The summed E-state index contributed by atoms with van der Waals surface area (Å²) in [5, 5.41) is 0.800. The van der Waals surface area contributed by atoms with E-state index in [2.05, 4.69) is 31.0 Å². The molecule has 1 aliphatic carbocycles. The molecule has 1 saturated carbocycles. The number of aryl methyl sites for hydroxylation is 2. The van der Waals surface area contributed by atoms with Gasteiger partial charge in [-0.05, 0) is 61.6 Å². The van der Waals surface area contributed by atoms with Gasteiger partial charge in [-0.3, -0.25) is 14.7 Å². The van der Waals surface area contributed by atoms with Crippen molar-refractivity contribution in [3.63, 3.8) is 0 Å². The minimum atomic E-state index is 0.117. The maximum Gasteiger partial charge on any atom is 0.232 e. The molecule has 0 atom stereocenters. The fourth-order valence-corrected chi connectivity index (χ4v) is 4.82. The van der Waals surface area contributed by atoms with Crippen LogP contribution in [0.1, 0.15) is 48.8 Å². The highest BCUT2D eigenvalue weighted by molar-refractivity contribution is 7.22. The summed E-state index contributed by atoms with van der Waals surface area (Å²) in [5.41, 5.74) is 4.51. The number of fused-ring (bicyclic) bond motifs is 1. The highest BCUT2D eigenvalue weighted by atomic mass is 32.1. The van der Waals surface area contributed by atoms with E-state index in [9.17, 15) is 4.79 Å². The van der Waals surface area contributed by atoms with E-state index in [0.717, 1.165) is 46.6 Å². The van der Waals surface area contributed by atoms with Crippen LogP contribution in [0.25, 0.3) is 10.2 Å². The Kier molecular flexibility index (Phi) is 5.21. The molecule has 2 heterocycles. The average Bonchev–Trinajstić information content (AvgIpc) is 3.10. The number of carbonyl (C=O) groups excluding carboxylic acids is 1. The van der Waals surface area contributed by atoms with E-state index in [0.29, 0.717) is 6.54 Å². The third kappa shape index (κ3) is 3.88. The van der Waals surface area contributed by atoms with Crippen molar-refractivity contribution in [2.75, 3.05) is 4.90 Å². The molecule has 0 radical (unpaired) electrons. The van der Waals surface area contributed by atoms with Crippen LogP contribution in [0.2, 0.25) is 0 Å². The predicted molar refractivity (Wildman–Crippen MR) is 111 cm³/mol. The Balaban J connectivity index is 1.71. The average molecular weight is 380 g/mol. The second-order valence-electron chi connectivity index (χ2n) is 7.52. The van der Waals surface area contributed by atoms with Crippen LogP contribution in [0.5, 0.6) is 0 Å². The molecule has 2 aromatic heterocycles. The first-order chi connectivity index (χ1) is 13.1. The number of hydrogen-bond acceptors (Lipinski definition) is 4. The Morgan fingerprint density at radius 3 is 2.70 bits per heavy atom. The third-order valence-corrected chi connectivity index (χ3v) is 6.55. The summed E-state index contributed by atoms with van der Waals surface area (Å²) in [6, 6.07) is 8.25. The van der Waals surface area contributed by atoms with Crippen LogP contribution < -0.4 is 4.90 Å². The fourth-order valence-electron chi connectivity index (χ4n) is 3.77. The van der Waals surface area contributed by atoms with Crippen LogP contribution in [-0.4, -0.2) is 15.9 Å². The Hall–Kier alpha value is -2.27. The maximum atomic E-state index is 13.4. The van der Waals surface area contributed by atoms with Gasteiger partial charge in [0.2, 0.25) is 5.91 Å². The number of nitrogens with zero attached hydrogens (tertiary/aromatic N) is 3. The van der Waals surface area contributed by atoms with Gasteiger partial charge in [-0.2, -0.15) is 0 Å². The highest BCUT2D eigenvalue weighted by Gasteiger charge is 2.29. The summed E-state index contributed by atoms with van der Waals surface area (Å²) in [6.07, 6.45) is 9.12. The summed E-state index contributed by atoms with van der Waals surface area (Å²) in [5.74, 6) is 0.331. The number of aromatic nitrogens is 2. The van der Waals surface area contributed by atoms with Crippen molar-refractivity contribution in [2.45, 2.75) is 52.5 Å². The molecule has 0 N–H and O–H groups in total. The standard InChI is InChI=1S/C22H25N3OS/c1-15-11-19-20(12-16(15)2)27-22(24-19)25(14-17-7-6-10-23-13-17)21(26)18-8-4-3-5-9-18/h6-7,10-13,18H,3-5,8-9,14H2,1-2H3. The van der Waals surface area contributed by atoms with Gasteiger partial charge in [0, 0.05) is 18.3 Å². The van der Waals surface area contributed by atoms with Gasteiger partial charge in [0.15, 0.2) is 5.13 Å². The SMILES string of the molecule is Cc1cc2nc(N(Cc3cccnc3)C(=O)C3CCCCC3)sc2cc1C. The van der Waals surface area contributed by atoms with E-state index < -0.39 is 0 Å². The number of carbonyl (C=O) groups is 1. The number of pyridine rings is 1. The topological polar surface area (TPSA) is 46.1 Å². The number of anilines is 1. The molecule has 1 amide bonds. The first-order valence-electron chi connectivity index (χ1n) is 9.70. The van der Waals surface area contributed by atoms with E-state index in [4.69, 9.17) is 4.98 Å². The van der Waals surface area contributed by atoms with Crippen molar-refractivity contribution < 1.29 is 4.79 Å². The van der Waals surface area contributed by atoms with E-state index in [1.54, 1.807) is 17.5 Å². The minimum Gasteiger partial charge on any atom is -0.283 e. The Labute approximate surface area is 164 Å². The van der Waals surface area contributed by atoms with Gasteiger partial charge >= 0.3 is 0 Å². The summed E-state index contributed by atoms with van der Waals surface area (Å²) < 4.78 is 1.14. The zero-order valence-electron chi connectivity index (χ0n) is 15.9. The highest BCUT2D eigenvalue weighted by Crippen LogP contribution is 2.34. The summed E-state index contributed by atoms with van der Waals surface area (Å²) in [4.78, 5) is 24.3. The van der Waals surface area contributed by atoms with Crippen LogP contribution in [0.3, 0.4) is 0 Å². The van der Waals surface area contributed by atoms with Gasteiger partial charge in [0.25, 0.3) is 0 Å². The molecule has 1 fully saturated rings. The van der Waals surface area contributed by atoms with Crippen LogP contribution in [-0.2, 0) is 11.3 Å². The van der Waals surface area contributed by atoms with Crippen molar-refractivity contribution in [1.82, 2.24) is 9.97 Å². The molecule has 5 heteroatoms. The van der Waals surface area contributed by atoms with Gasteiger partial charge in [0.05, 0.1) is 16.8 Å². The van der Waals surface area contributed by atoms with E-state index in [1.807, 2.05) is 23.2 Å². The maximum absolute atomic E-state index is 13.4. The third-order valence-electron chi connectivity index (χ3n) is 5.51. The quantitative estimate of drug-likeness (QED) is 0.608.